The first-order chi connectivity index (χ1) is 7.33. The molecule has 0 bridgehead atoms. The number of unbranched alkanes of at least 4 members (excludes halogenated alkanes) is 1. The zero-order valence-corrected chi connectivity index (χ0v) is 9.71. The SMILES string of the molecule is C[NH+](CCCC[NH3+])CCc1ccncc1. The maximum absolute atomic E-state index is 4.02. The number of aromatic nitrogens is 1. The van der Waals surface area contributed by atoms with Gasteiger partial charge in [0.05, 0.1) is 26.7 Å². The molecular weight excluding hydrogens is 186 g/mol. The minimum Gasteiger partial charge on any atom is -0.358 e. The zero-order valence-electron chi connectivity index (χ0n) is 9.71. The van der Waals surface area contributed by atoms with Gasteiger partial charge in [0.25, 0.3) is 0 Å². The number of nitrogens with zero attached hydrogens (tertiary/aromatic N) is 1. The Morgan fingerprint density at radius 3 is 2.60 bits per heavy atom. The molecule has 0 fully saturated rings. The zero-order chi connectivity index (χ0) is 10.9. The van der Waals surface area contributed by atoms with Crippen molar-refractivity contribution in [2.75, 3.05) is 26.7 Å². The lowest BCUT2D eigenvalue weighted by Gasteiger charge is -2.13. The van der Waals surface area contributed by atoms with Crippen molar-refractivity contribution < 1.29 is 10.6 Å². The van der Waals surface area contributed by atoms with Gasteiger partial charge in [-0.05, 0) is 17.7 Å². The number of hydrogen-bond acceptors (Lipinski definition) is 1. The third-order valence-electron chi connectivity index (χ3n) is 2.69. The average Bonchev–Trinajstić information content (AvgIpc) is 2.28. The normalized spacial score (nSPS) is 12.7. The minimum atomic E-state index is 1.07. The van der Waals surface area contributed by atoms with Crippen LogP contribution < -0.4 is 10.6 Å². The maximum atomic E-state index is 4.02. The Labute approximate surface area is 92.3 Å². The second kappa shape index (κ2) is 7.37. The first-order valence-corrected chi connectivity index (χ1v) is 5.82. The first-order valence-electron chi connectivity index (χ1n) is 5.82. The lowest BCUT2D eigenvalue weighted by atomic mass is 10.2. The van der Waals surface area contributed by atoms with Crippen LogP contribution in [0, 0.1) is 0 Å². The van der Waals surface area contributed by atoms with E-state index in [9.17, 15) is 0 Å². The molecule has 0 aliphatic carbocycles. The lowest BCUT2D eigenvalue weighted by molar-refractivity contribution is -0.879. The van der Waals surface area contributed by atoms with Crippen molar-refractivity contribution in [1.29, 1.82) is 0 Å². The smallest absolute Gasteiger partial charge is 0.0809 e. The van der Waals surface area contributed by atoms with E-state index in [1.165, 1.54) is 31.5 Å². The van der Waals surface area contributed by atoms with E-state index in [4.69, 9.17) is 0 Å². The fourth-order valence-corrected chi connectivity index (χ4v) is 1.64. The summed E-state index contributed by atoms with van der Waals surface area (Å²) in [5, 5.41) is 0. The molecule has 0 aliphatic heterocycles. The molecule has 1 unspecified atom stereocenters. The Balaban J connectivity index is 2.14. The number of quaternary nitrogens is 2. The van der Waals surface area contributed by atoms with Crippen LogP contribution in [0.3, 0.4) is 0 Å². The number of hydrogen-bond donors (Lipinski definition) is 2. The molecule has 0 aliphatic rings. The summed E-state index contributed by atoms with van der Waals surface area (Å²) in [4.78, 5) is 5.63. The Kier molecular flexibility index (Phi) is 5.97. The van der Waals surface area contributed by atoms with Crippen molar-refractivity contribution in [1.82, 2.24) is 4.98 Å². The summed E-state index contributed by atoms with van der Waals surface area (Å²) in [6, 6.07) is 4.20. The lowest BCUT2D eigenvalue weighted by Crippen LogP contribution is -3.09. The molecule has 1 rings (SSSR count). The van der Waals surface area contributed by atoms with Gasteiger partial charge in [0.1, 0.15) is 0 Å². The quantitative estimate of drug-likeness (QED) is 0.565. The van der Waals surface area contributed by atoms with E-state index in [1.54, 1.807) is 4.90 Å². The predicted octanol–water partition coefficient (Wildman–Crippen LogP) is -0.839. The second-order valence-electron chi connectivity index (χ2n) is 4.12. The minimum absolute atomic E-state index is 1.07. The third kappa shape index (κ3) is 5.50. The number of nitrogens with one attached hydrogen (secondary N) is 1. The number of rotatable bonds is 7. The van der Waals surface area contributed by atoms with E-state index in [-0.39, 0.29) is 0 Å². The van der Waals surface area contributed by atoms with E-state index in [0.29, 0.717) is 0 Å². The molecule has 3 nitrogen and oxygen atoms in total. The van der Waals surface area contributed by atoms with Gasteiger partial charge in [-0.25, -0.2) is 0 Å². The Morgan fingerprint density at radius 1 is 1.20 bits per heavy atom. The van der Waals surface area contributed by atoms with Crippen LogP contribution in [0.1, 0.15) is 18.4 Å². The van der Waals surface area contributed by atoms with E-state index in [0.717, 1.165) is 13.0 Å². The van der Waals surface area contributed by atoms with Crippen molar-refractivity contribution in [3.05, 3.63) is 30.1 Å². The molecule has 0 amide bonds. The molecule has 0 saturated carbocycles. The second-order valence-corrected chi connectivity index (χ2v) is 4.12. The molecule has 0 saturated heterocycles. The maximum Gasteiger partial charge on any atom is 0.0809 e. The van der Waals surface area contributed by atoms with Crippen LogP contribution in [0.15, 0.2) is 24.5 Å². The fourth-order valence-electron chi connectivity index (χ4n) is 1.64. The van der Waals surface area contributed by atoms with Crippen molar-refractivity contribution in [3.8, 4) is 0 Å². The van der Waals surface area contributed by atoms with Crippen LogP contribution in [0.2, 0.25) is 0 Å². The Morgan fingerprint density at radius 2 is 1.93 bits per heavy atom. The van der Waals surface area contributed by atoms with Crippen LogP contribution in [0.5, 0.6) is 0 Å². The highest BCUT2D eigenvalue weighted by Crippen LogP contribution is 1.94. The van der Waals surface area contributed by atoms with Gasteiger partial charge in [0, 0.05) is 31.7 Å². The van der Waals surface area contributed by atoms with Gasteiger partial charge in [0.15, 0.2) is 0 Å². The molecule has 0 aromatic carbocycles. The molecule has 1 atom stereocenters. The van der Waals surface area contributed by atoms with Crippen molar-refractivity contribution in [2.45, 2.75) is 19.3 Å². The van der Waals surface area contributed by atoms with Crippen molar-refractivity contribution in [2.24, 2.45) is 0 Å². The largest absolute Gasteiger partial charge is 0.358 e. The molecule has 0 radical (unpaired) electrons. The molecular formula is C12H23N3+2. The highest BCUT2D eigenvalue weighted by Gasteiger charge is 2.02. The van der Waals surface area contributed by atoms with Gasteiger partial charge in [-0.3, -0.25) is 4.98 Å². The fraction of sp³-hybridized carbons (Fsp3) is 0.583. The summed E-state index contributed by atoms with van der Waals surface area (Å²) in [6.45, 7) is 3.54. The Hall–Kier alpha value is -0.930. The van der Waals surface area contributed by atoms with Crippen LogP contribution >= 0.6 is 0 Å². The molecule has 3 heteroatoms. The van der Waals surface area contributed by atoms with E-state index in [2.05, 4.69) is 29.9 Å². The standard InChI is InChI=1S/C12H21N3/c1-15(10-3-2-7-13)11-6-12-4-8-14-9-5-12/h4-5,8-9H,2-3,6-7,10-11,13H2,1H3/p+2. The molecule has 1 heterocycles. The number of pyridine rings is 1. The Bertz CT molecular complexity index is 248. The van der Waals surface area contributed by atoms with Crippen LogP contribution in [0.25, 0.3) is 0 Å². The van der Waals surface area contributed by atoms with Crippen LogP contribution in [0.4, 0.5) is 0 Å². The highest BCUT2D eigenvalue weighted by molar-refractivity contribution is 5.09. The molecule has 0 spiro atoms. The summed E-state index contributed by atoms with van der Waals surface area (Å²) < 4.78 is 0. The summed E-state index contributed by atoms with van der Waals surface area (Å²) in [7, 11) is 2.27. The molecule has 84 valence electrons. The van der Waals surface area contributed by atoms with Gasteiger partial charge >= 0.3 is 0 Å². The molecule has 1 aromatic heterocycles. The monoisotopic (exact) mass is 209 g/mol. The van der Waals surface area contributed by atoms with Gasteiger partial charge in [0.2, 0.25) is 0 Å². The van der Waals surface area contributed by atoms with E-state index < -0.39 is 0 Å². The highest BCUT2D eigenvalue weighted by atomic mass is 15.1. The molecule has 4 N–H and O–H groups in total. The van der Waals surface area contributed by atoms with Crippen LogP contribution in [-0.4, -0.2) is 31.7 Å². The summed E-state index contributed by atoms with van der Waals surface area (Å²) >= 11 is 0. The van der Waals surface area contributed by atoms with Gasteiger partial charge in [-0.2, -0.15) is 0 Å². The predicted molar refractivity (Wildman–Crippen MR) is 61.6 cm³/mol. The van der Waals surface area contributed by atoms with Crippen molar-refractivity contribution in [3.63, 3.8) is 0 Å². The van der Waals surface area contributed by atoms with Gasteiger partial charge < -0.3 is 10.6 Å². The van der Waals surface area contributed by atoms with Gasteiger partial charge in [-0.1, -0.05) is 0 Å². The summed E-state index contributed by atoms with van der Waals surface area (Å²) in [5.41, 5.74) is 5.25. The third-order valence-corrected chi connectivity index (χ3v) is 2.69. The summed E-state index contributed by atoms with van der Waals surface area (Å²) in [6.07, 6.45) is 7.44. The van der Waals surface area contributed by atoms with E-state index in [1.807, 2.05) is 12.4 Å². The van der Waals surface area contributed by atoms with Gasteiger partial charge in [-0.15, -0.1) is 0 Å². The average molecular weight is 209 g/mol. The topological polar surface area (TPSA) is 45.0 Å². The number of likely N-dealkylation sites (N-methyl/N-ethyl adjacent to an activating group) is 1. The molecule has 1 aromatic rings. The summed E-state index contributed by atoms with van der Waals surface area (Å²) in [5.74, 6) is 0. The molecule has 15 heavy (non-hydrogen) atoms. The van der Waals surface area contributed by atoms with E-state index >= 15 is 0 Å². The van der Waals surface area contributed by atoms with Crippen LogP contribution in [-0.2, 0) is 6.42 Å². The first kappa shape index (κ1) is 12.1. The van der Waals surface area contributed by atoms with Crippen molar-refractivity contribution >= 4 is 0 Å².